The minimum absolute atomic E-state index is 0.138. The summed E-state index contributed by atoms with van der Waals surface area (Å²) < 4.78 is 0. The molecule has 0 radical (unpaired) electrons. The summed E-state index contributed by atoms with van der Waals surface area (Å²) in [5, 5.41) is 13.7. The van der Waals surface area contributed by atoms with Crippen molar-refractivity contribution in [3.8, 4) is 16.9 Å². The molecule has 0 aliphatic rings. The van der Waals surface area contributed by atoms with Gasteiger partial charge in [0.1, 0.15) is 17.1 Å². The lowest BCUT2D eigenvalue weighted by Gasteiger charge is -2.27. The number of aromatic hydroxyl groups is 1. The molecule has 0 aliphatic heterocycles. The van der Waals surface area contributed by atoms with Crippen molar-refractivity contribution in [3.63, 3.8) is 0 Å². The van der Waals surface area contributed by atoms with Gasteiger partial charge in [-0.25, -0.2) is 9.78 Å². The summed E-state index contributed by atoms with van der Waals surface area (Å²) in [6.45, 7) is 10.9. The maximum absolute atomic E-state index is 13.9. The molecule has 2 aromatic carbocycles. The lowest BCUT2D eigenvalue weighted by atomic mass is 9.88. The van der Waals surface area contributed by atoms with Crippen LogP contribution in [0.2, 0.25) is 0 Å². The number of phenolic OH excluding ortho intramolecular Hbond substituents is 1. The number of H-pyrrole nitrogens is 1. The van der Waals surface area contributed by atoms with Crippen LogP contribution in [0.5, 0.6) is 5.75 Å². The number of fused-ring (bicyclic) bond motifs is 1. The number of hydrogen-bond donors (Lipinski definition) is 3. The van der Waals surface area contributed by atoms with Crippen LogP contribution in [0.4, 0.5) is 16.2 Å². The van der Waals surface area contributed by atoms with E-state index in [0.717, 1.165) is 46.2 Å². The molecular weight excluding hydrogens is 476 g/mol. The number of benzene rings is 2. The fourth-order valence-electron chi connectivity index (χ4n) is 4.61. The first-order valence-electron chi connectivity index (χ1n) is 13.2. The molecule has 0 unspecified atom stereocenters. The van der Waals surface area contributed by atoms with Crippen molar-refractivity contribution in [1.82, 2.24) is 9.97 Å². The second-order valence-corrected chi connectivity index (χ2v) is 10.2. The third-order valence-corrected chi connectivity index (χ3v) is 6.74. The molecule has 0 atom stereocenters. The van der Waals surface area contributed by atoms with Gasteiger partial charge in [-0.1, -0.05) is 53.2 Å². The fraction of sp³-hybridized carbons (Fsp3) is 0.323. The summed E-state index contributed by atoms with van der Waals surface area (Å²) in [5.41, 5.74) is 5.27. The number of pyridine rings is 2. The Bertz CT molecular complexity index is 1460. The molecule has 0 saturated carbocycles. The van der Waals surface area contributed by atoms with Gasteiger partial charge in [0.25, 0.3) is 5.56 Å². The van der Waals surface area contributed by atoms with E-state index in [1.165, 1.54) is 4.90 Å². The SMILES string of the molecule is CCCCN(C(=O)Nc1c(C(C)C)cc(-c2ccc(O)cc2)cc1C(C)C)c1cc2cccnc2[nH]c1=O. The van der Waals surface area contributed by atoms with Crippen LogP contribution in [0.25, 0.3) is 22.2 Å². The number of nitrogens with one attached hydrogen (secondary N) is 2. The van der Waals surface area contributed by atoms with Crippen LogP contribution in [0.3, 0.4) is 0 Å². The number of urea groups is 1. The Morgan fingerprint density at radius 3 is 2.26 bits per heavy atom. The molecular formula is C31H36N4O3. The summed E-state index contributed by atoms with van der Waals surface area (Å²) in [5.74, 6) is 0.496. The molecule has 0 bridgehead atoms. The topological polar surface area (TPSA) is 98.3 Å². The number of aromatic nitrogens is 2. The van der Waals surface area contributed by atoms with E-state index in [2.05, 4.69) is 62.0 Å². The van der Waals surface area contributed by atoms with Crippen LogP contribution < -0.4 is 15.8 Å². The number of aromatic amines is 1. The molecule has 7 nitrogen and oxygen atoms in total. The van der Waals surface area contributed by atoms with Crippen molar-refractivity contribution in [2.24, 2.45) is 0 Å². The highest BCUT2D eigenvalue weighted by atomic mass is 16.3. The van der Waals surface area contributed by atoms with E-state index in [1.54, 1.807) is 30.5 Å². The molecule has 4 aromatic rings. The molecule has 0 spiro atoms. The third kappa shape index (κ3) is 5.72. The second kappa shape index (κ2) is 11.5. The van der Waals surface area contributed by atoms with E-state index < -0.39 is 0 Å². The van der Waals surface area contributed by atoms with Crippen molar-refractivity contribution < 1.29 is 9.90 Å². The minimum Gasteiger partial charge on any atom is -0.508 e. The predicted octanol–water partition coefficient (Wildman–Crippen LogP) is 7.38. The Kier molecular flexibility index (Phi) is 8.15. The number of nitrogens with zero attached hydrogens (tertiary/aromatic N) is 2. The Morgan fingerprint density at radius 2 is 1.66 bits per heavy atom. The molecule has 38 heavy (non-hydrogen) atoms. The van der Waals surface area contributed by atoms with E-state index in [-0.39, 0.29) is 29.2 Å². The quantitative estimate of drug-likeness (QED) is 0.229. The van der Waals surface area contributed by atoms with Gasteiger partial charge in [0, 0.05) is 23.8 Å². The predicted molar refractivity (Wildman–Crippen MR) is 155 cm³/mol. The van der Waals surface area contributed by atoms with Crippen LogP contribution in [-0.2, 0) is 0 Å². The summed E-state index contributed by atoms with van der Waals surface area (Å²) in [4.78, 5) is 35.5. The van der Waals surface area contributed by atoms with Crippen LogP contribution in [0, 0.1) is 0 Å². The number of carbonyl (C=O) groups excluding carboxylic acids is 1. The van der Waals surface area contributed by atoms with Gasteiger partial charge >= 0.3 is 6.03 Å². The summed E-state index contributed by atoms with van der Waals surface area (Å²) in [6, 6.07) is 16.4. The standard InChI is InChI=1S/C31H36N4O3/c1-6-7-15-35(27-18-22-9-8-14-32-29(22)34-30(27)37)31(38)33-28-25(19(2)3)16-23(17-26(28)20(4)5)21-10-12-24(36)13-11-21/h8-14,16-20,36H,6-7,15H2,1-5H3,(H,33,38)(H,32,34,37). The second-order valence-electron chi connectivity index (χ2n) is 10.2. The van der Waals surface area contributed by atoms with Gasteiger partial charge in [-0.2, -0.15) is 0 Å². The molecule has 4 rings (SSSR count). The zero-order valence-corrected chi connectivity index (χ0v) is 22.7. The molecule has 2 aromatic heterocycles. The molecule has 3 N–H and O–H groups in total. The fourth-order valence-corrected chi connectivity index (χ4v) is 4.61. The van der Waals surface area contributed by atoms with Gasteiger partial charge in [0.05, 0.1) is 0 Å². The zero-order valence-electron chi connectivity index (χ0n) is 22.7. The molecule has 0 aliphatic carbocycles. The highest BCUT2D eigenvalue weighted by Crippen LogP contribution is 2.38. The number of unbranched alkanes of at least 4 members (excludes halogenated alkanes) is 1. The first kappa shape index (κ1) is 26.9. The maximum atomic E-state index is 13.9. The average molecular weight is 513 g/mol. The molecule has 7 heteroatoms. The number of amides is 2. The van der Waals surface area contributed by atoms with Crippen LogP contribution in [0.1, 0.15) is 70.4 Å². The van der Waals surface area contributed by atoms with Crippen molar-refractivity contribution in [2.75, 3.05) is 16.8 Å². The van der Waals surface area contributed by atoms with Gasteiger partial charge in [-0.15, -0.1) is 0 Å². The van der Waals surface area contributed by atoms with E-state index in [0.29, 0.717) is 17.9 Å². The summed E-state index contributed by atoms with van der Waals surface area (Å²) in [7, 11) is 0. The van der Waals surface area contributed by atoms with Gasteiger partial charge in [-0.3, -0.25) is 9.69 Å². The van der Waals surface area contributed by atoms with Crippen LogP contribution >= 0.6 is 0 Å². The van der Waals surface area contributed by atoms with E-state index in [4.69, 9.17) is 0 Å². The largest absolute Gasteiger partial charge is 0.508 e. The Balaban J connectivity index is 1.79. The number of rotatable bonds is 8. The van der Waals surface area contributed by atoms with Gasteiger partial charge in [0.2, 0.25) is 0 Å². The van der Waals surface area contributed by atoms with E-state index in [9.17, 15) is 14.7 Å². The average Bonchev–Trinajstić information content (AvgIpc) is 2.89. The lowest BCUT2D eigenvalue weighted by molar-refractivity contribution is 0.256. The minimum atomic E-state index is -0.349. The summed E-state index contributed by atoms with van der Waals surface area (Å²) >= 11 is 0. The number of carbonyl (C=O) groups is 1. The molecule has 2 amide bonds. The smallest absolute Gasteiger partial charge is 0.326 e. The highest BCUT2D eigenvalue weighted by molar-refractivity contribution is 6.03. The maximum Gasteiger partial charge on any atom is 0.326 e. The van der Waals surface area contributed by atoms with E-state index >= 15 is 0 Å². The Hall–Kier alpha value is -4.13. The van der Waals surface area contributed by atoms with Crippen molar-refractivity contribution in [3.05, 3.63) is 82.3 Å². The van der Waals surface area contributed by atoms with Crippen molar-refractivity contribution >= 4 is 28.4 Å². The van der Waals surface area contributed by atoms with Crippen molar-refractivity contribution in [1.29, 1.82) is 0 Å². The van der Waals surface area contributed by atoms with Crippen LogP contribution in [-0.4, -0.2) is 27.7 Å². The monoisotopic (exact) mass is 512 g/mol. The number of anilines is 2. The first-order valence-corrected chi connectivity index (χ1v) is 13.2. The van der Waals surface area contributed by atoms with Gasteiger partial charge < -0.3 is 15.4 Å². The van der Waals surface area contributed by atoms with Gasteiger partial charge in [0.15, 0.2) is 0 Å². The molecule has 198 valence electrons. The first-order chi connectivity index (χ1) is 18.2. The lowest BCUT2D eigenvalue weighted by Crippen LogP contribution is -2.39. The van der Waals surface area contributed by atoms with Gasteiger partial charge in [-0.05, 0) is 83.0 Å². The molecule has 0 saturated heterocycles. The van der Waals surface area contributed by atoms with Crippen molar-refractivity contribution in [2.45, 2.75) is 59.3 Å². The highest BCUT2D eigenvalue weighted by Gasteiger charge is 2.24. The normalized spacial score (nSPS) is 11.3. The van der Waals surface area contributed by atoms with Crippen LogP contribution in [0.15, 0.2) is 65.6 Å². The molecule has 0 fully saturated rings. The Morgan fingerprint density at radius 1 is 1.00 bits per heavy atom. The number of hydrogen-bond acceptors (Lipinski definition) is 4. The third-order valence-electron chi connectivity index (χ3n) is 6.74. The zero-order chi connectivity index (χ0) is 27.4. The molecule has 2 heterocycles. The Labute approximate surface area is 223 Å². The summed E-state index contributed by atoms with van der Waals surface area (Å²) in [6.07, 6.45) is 3.26. The number of phenols is 1. The van der Waals surface area contributed by atoms with E-state index in [1.807, 2.05) is 18.2 Å².